The first-order valence-electron chi connectivity index (χ1n) is 3.79. The van der Waals surface area contributed by atoms with Crippen LogP contribution in [0.1, 0.15) is 17.2 Å². The van der Waals surface area contributed by atoms with Crippen LogP contribution in [0, 0.1) is 11.3 Å². The molecule has 68 valence electrons. The van der Waals surface area contributed by atoms with E-state index in [-0.39, 0.29) is 5.25 Å². The average Bonchev–Trinajstić information content (AvgIpc) is 2.16. The van der Waals surface area contributed by atoms with E-state index in [9.17, 15) is 0 Å². The van der Waals surface area contributed by atoms with Crippen molar-refractivity contribution in [3.05, 3.63) is 29.0 Å². The number of nitriles is 1. The lowest BCUT2D eigenvalue weighted by atomic mass is 10.2. The smallest absolute Gasteiger partial charge is 0.129 e. The Hall–Kier alpha value is -0.720. The SMILES string of the molecule is CSC(CC#N)c1ccc(Cl)nc1. The van der Waals surface area contributed by atoms with Gasteiger partial charge in [0.25, 0.3) is 0 Å². The Kier molecular flexibility index (Phi) is 4.07. The third-order valence-electron chi connectivity index (χ3n) is 1.68. The zero-order valence-corrected chi connectivity index (χ0v) is 8.77. The molecule has 0 radical (unpaired) electrons. The fraction of sp³-hybridized carbons (Fsp3) is 0.333. The summed E-state index contributed by atoms with van der Waals surface area (Å²) in [6, 6.07) is 5.81. The summed E-state index contributed by atoms with van der Waals surface area (Å²) in [5, 5.41) is 9.26. The summed E-state index contributed by atoms with van der Waals surface area (Å²) >= 11 is 7.30. The zero-order valence-electron chi connectivity index (χ0n) is 7.20. The van der Waals surface area contributed by atoms with Crippen LogP contribution in [0.15, 0.2) is 18.3 Å². The highest BCUT2D eigenvalue weighted by Gasteiger charge is 2.09. The fourth-order valence-electron chi connectivity index (χ4n) is 0.998. The minimum Gasteiger partial charge on any atom is -0.244 e. The van der Waals surface area contributed by atoms with E-state index in [2.05, 4.69) is 11.1 Å². The predicted octanol–water partition coefficient (Wildman–Crippen LogP) is 3.05. The topological polar surface area (TPSA) is 36.7 Å². The van der Waals surface area contributed by atoms with Crippen LogP contribution in [0.3, 0.4) is 0 Å². The van der Waals surface area contributed by atoms with Gasteiger partial charge in [0, 0.05) is 11.4 Å². The Morgan fingerprint density at radius 2 is 2.46 bits per heavy atom. The van der Waals surface area contributed by atoms with Gasteiger partial charge in [0.15, 0.2) is 0 Å². The Morgan fingerprint density at radius 3 is 2.92 bits per heavy atom. The molecule has 0 N–H and O–H groups in total. The van der Waals surface area contributed by atoms with Crippen LogP contribution in [0.4, 0.5) is 0 Å². The van der Waals surface area contributed by atoms with Gasteiger partial charge >= 0.3 is 0 Å². The number of pyridine rings is 1. The zero-order chi connectivity index (χ0) is 9.68. The first-order valence-corrected chi connectivity index (χ1v) is 5.45. The van der Waals surface area contributed by atoms with Crippen LogP contribution in [-0.2, 0) is 0 Å². The summed E-state index contributed by atoms with van der Waals surface area (Å²) in [6.45, 7) is 0. The molecule has 0 fully saturated rings. The van der Waals surface area contributed by atoms with Gasteiger partial charge in [-0.2, -0.15) is 17.0 Å². The van der Waals surface area contributed by atoms with E-state index in [1.807, 2.05) is 12.3 Å². The van der Waals surface area contributed by atoms with E-state index >= 15 is 0 Å². The van der Waals surface area contributed by atoms with E-state index < -0.39 is 0 Å². The van der Waals surface area contributed by atoms with Crippen molar-refractivity contribution in [3.8, 4) is 6.07 Å². The van der Waals surface area contributed by atoms with Crippen molar-refractivity contribution < 1.29 is 0 Å². The van der Waals surface area contributed by atoms with Crippen LogP contribution in [0.2, 0.25) is 5.15 Å². The molecule has 0 aromatic carbocycles. The second-order valence-electron chi connectivity index (χ2n) is 2.50. The van der Waals surface area contributed by atoms with Gasteiger partial charge < -0.3 is 0 Å². The number of hydrogen-bond donors (Lipinski definition) is 0. The molecular weight excluding hydrogens is 204 g/mol. The van der Waals surface area contributed by atoms with Gasteiger partial charge in [-0.25, -0.2) is 4.98 Å². The maximum absolute atomic E-state index is 8.57. The monoisotopic (exact) mass is 212 g/mol. The van der Waals surface area contributed by atoms with Crippen molar-refractivity contribution in [1.82, 2.24) is 4.98 Å². The molecule has 0 saturated heterocycles. The summed E-state index contributed by atoms with van der Waals surface area (Å²) < 4.78 is 0. The quantitative estimate of drug-likeness (QED) is 0.723. The number of hydrogen-bond acceptors (Lipinski definition) is 3. The molecule has 0 spiro atoms. The second kappa shape index (κ2) is 5.11. The van der Waals surface area contributed by atoms with E-state index in [1.165, 1.54) is 0 Å². The Balaban J connectivity index is 2.80. The maximum atomic E-state index is 8.57. The average molecular weight is 213 g/mol. The molecule has 1 atom stereocenters. The summed E-state index contributed by atoms with van der Waals surface area (Å²) in [5.74, 6) is 0. The van der Waals surface area contributed by atoms with Gasteiger partial charge in [-0.1, -0.05) is 17.7 Å². The predicted molar refractivity (Wildman–Crippen MR) is 55.7 cm³/mol. The normalized spacial score (nSPS) is 12.1. The maximum Gasteiger partial charge on any atom is 0.129 e. The molecule has 1 unspecified atom stereocenters. The highest BCUT2D eigenvalue weighted by molar-refractivity contribution is 7.98. The van der Waals surface area contributed by atoms with Crippen LogP contribution in [-0.4, -0.2) is 11.2 Å². The third-order valence-corrected chi connectivity index (χ3v) is 2.91. The minimum atomic E-state index is 0.203. The van der Waals surface area contributed by atoms with Crippen LogP contribution < -0.4 is 0 Å². The highest BCUT2D eigenvalue weighted by Crippen LogP contribution is 2.29. The lowest BCUT2D eigenvalue weighted by Crippen LogP contribution is -1.92. The molecule has 2 nitrogen and oxygen atoms in total. The highest BCUT2D eigenvalue weighted by atomic mass is 35.5. The summed E-state index contributed by atoms with van der Waals surface area (Å²) in [7, 11) is 0. The molecule has 1 aromatic heterocycles. The molecule has 1 heterocycles. The molecule has 1 aromatic rings. The van der Waals surface area contributed by atoms with Crippen molar-refractivity contribution >= 4 is 23.4 Å². The van der Waals surface area contributed by atoms with Crippen molar-refractivity contribution in [2.75, 3.05) is 6.26 Å². The van der Waals surface area contributed by atoms with Gasteiger partial charge in [0.2, 0.25) is 0 Å². The lowest BCUT2D eigenvalue weighted by molar-refractivity contribution is 0.970. The summed E-state index contributed by atoms with van der Waals surface area (Å²) in [5.41, 5.74) is 1.05. The number of nitrogens with zero attached hydrogens (tertiary/aromatic N) is 2. The Labute approximate surface area is 86.9 Å². The van der Waals surface area contributed by atoms with Gasteiger partial charge in [0.05, 0.1) is 12.5 Å². The molecule has 13 heavy (non-hydrogen) atoms. The van der Waals surface area contributed by atoms with Gasteiger partial charge in [-0.15, -0.1) is 0 Å². The van der Waals surface area contributed by atoms with E-state index in [0.717, 1.165) is 5.56 Å². The van der Waals surface area contributed by atoms with E-state index in [0.29, 0.717) is 11.6 Å². The molecule has 0 bridgehead atoms. The van der Waals surface area contributed by atoms with Crippen molar-refractivity contribution in [3.63, 3.8) is 0 Å². The lowest BCUT2D eigenvalue weighted by Gasteiger charge is -2.09. The molecule has 4 heteroatoms. The number of thioether (sulfide) groups is 1. The number of rotatable bonds is 3. The van der Waals surface area contributed by atoms with E-state index in [4.69, 9.17) is 16.9 Å². The largest absolute Gasteiger partial charge is 0.244 e. The molecule has 0 aliphatic carbocycles. The van der Waals surface area contributed by atoms with Crippen molar-refractivity contribution in [2.45, 2.75) is 11.7 Å². The fourth-order valence-corrected chi connectivity index (χ4v) is 1.76. The van der Waals surface area contributed by atoms with Crippen molar-refractivity contribution in [2.24, 2.45) is 0 Å². The second-order valence-corrected chi connectivity index (χ2v) is 3.93. The van der Waals surface area contributed by atoms with Gasteiger partial charge in [-0.05, 0) is 17.9 Å². The van der Waals surface area contributed by atoms with Gasteiger partial charge in [-0.3, -0.25) is 0 Å². The molecule has 0 aliphatic rings. The summed E-state index contributed by atoms with van der Waals surface area (Å²) in [4.78, 5) is 3.97. The first-order chi connectivity index (χ1) is 6.27. The number of aromatic nitrogens is 1. The summed E-state index contributed by atoms with van der Waals surface area (Å²) in [6.07, 6.45) is 4.21. The third kappa shape index (κ3) is 2.91. The minimum absolute atomic E-state index is 0.203. The molecular formula is C9H9ClN2S. The van der Waals surface area contributed by atoms with Crippen LogP contribution in [0.25, 0.3) is 0 Å². The molecule has 0 saturated carbocycles. The Morgan fingerprint density at radius 1 is 1.69 bits per heavy atom. The van der Waals surface area contributed by atoms with Gasteiger partial charge in [0.1, 0.15) is 5.15 Å². The van der Waals surface area contributed by atoms with Crippen molar-refractivity contribution in [1.29, 1.82) is 5.26 Å². The first kappa shape index (κ1) is 10.4. The Bertz CT molecular complexity index is 304. The van der Waals surface area contributed by atoms with E-state index in [1.54, 1.807) is 24.0 Å². The molecule has 1 rings (SSSR count). The standard InChI is InChI=1S/C9H9ClN2S/c1-13-8(4-5-11)7-2-3-9(10)12-6-7/h2-3,6,8H,4H2,1H3. The number of halogens is 1. The molecule has 0 amide bonds. The van der Waals surface area contributed by atoms with Crippen LogP contribution in [0.5, 0.6) is 0 Å². The van der Waals surface area contributed by atoms with Crippen LogP contribution >= 0.6 is 23.4 Å². The molecule has 0 aliphatic heterocycles.